The third-order valence-electron chi connectivity index (χ3n) is 3.29. The lowest BCUT2D eigenvalue weighted by Crippen LogP contribution is -2.21. The highest BCUT2D eigenvalue weighted by Gasteiger charge is 2.35. The number of aromatic nitrogens is 2. The third kappa shape index (κ3) is 2.08. The number of ether oxygens (including phenoxy) is 1. The molecule has 2 aromatic heterocycles. The molecular formula is C13H16N2O2S. The van der Waals surface area contributed by atoms with E-state index < -0.39 is 0 Å². The zero-order valence-corrected chi connectivity index (χ0v) is 11.3. The maximum absolute atomic E-state index is 5.76. The molecule has 4 nitrogen and oxygen atoms in total. The van der Waals surface area contributed by atoms with E-state index in [-0.39, 0.29) is 12.0 Å². The molecule has 0 aliphatic carbocycles. The molecule has 18 heavy (non-hydrogen) atoms. The van der Waals surface area contributed by atoms with Crippen molar-refractivity contribution in [1.82, 2.24) is 10.1 Å². The van der Waals surface area contributed by atoms with Gasteiger partial charge < -0.3 is 9.26 Å². The van der Waals surface area contributed by atoms with Crippen LogP contribution in [-0.4, -0.2) is 22.9 Å². The van der Waals surface area contributed by atoms with Crippen LogP contribution in [0.4, 0.5) is 0 Å². The number of thiophene rings is 1. The Hall–Kier alpha value is -1.20. The molecule has 1 aliphatic heterocycles. The number of nitrogens with zero attached hydrogens (tertiary/aromatic N) is 2. The highest BCUT2D eigenvalue weighted by atomic mass is 32.1. The van der Waals surface area contributed by atoms with E-state index in [0.717, 1.165) is 23.8 Å². The van der Waals surface area contributed by atoms with E-state index in [2.05, 4.69) is 24.0 Å². The van der Waals surface area contributed by atoms with E-state index in [1.54, 1.807) is 11.3 Å². The van der Waals surface area contributed by atoms with Crippen LogP contribution in [0.15, 0.2) is 22.0 Å². The van der Waals surface area contributed by atoms with Crippen molar-refractivity contribution in [3.8, 4) is 10.7 Å². The molecule has 5 heteroatoms. The van der Waals surface area contributed by atoms with Crippen LogP contribution in [0.1, 0.15) is 32.1 Å². The molecule has 1 fully saturated rings. The van der Waals surface area contributed by atoms with Gasteiger partial charge in [-0.15, -0.1) is 11.3 Å². The summed E-state index contributed by atoms with van der Waals surface area (Å²) in [6.45, 7) is 5.11. The van der Waals surface area contributed by atoms with E-state index in [1.807, 2.05) is 17.5 Å². The van der Waals surface area contributed by atoms with E-state index in [9.17, 15) is 0 Å². The van der Waals surface area contributed by atoms with E-state index in [4.69, 9.17) is 9.26 Å². The Labute approximate surface area is 110 Å². The molecule has 0 amide bonds. The average Bonchev–Trinajstić information content (AvgIpc) is 3.10. The molecule has 0 bridgehead atoms. The van der Waals surface area contributed by atoms with Crippen LogP contribution in [-0.2, 0) is 4.74 Å². The first-order chi connectivity index (χ1) is 8.75. The predicted molar refractivity (Wildman–Crippen MR) is 69.5 cm³/mol. The minimum Gasteiger partial charge on any atom is -0.377 e. The molecule has 1 aliphatic rings. The molecule has 0 radical (unpaired) electrons. The fourth-order valence-electron chi connectivity index (χ4n) is 2.42. The summed E-state index contributed by atoms with van der Waals surface area (Å²) in [5.74, 6) is 2.12. The predicted octanol–water partition coefficient (Wildman–Crippen LogP) is 3.33. The van der Waals surface area contributed by atoms with Gasteiger partial charge in [0.15, 0.2) is 0 Å². The molecule has 3 heterocycles. The quantitative estimate of drug-likeness (QED) is 0.853. The summed E-state index contributed by atoms with van der Waals surface area (Å²) in [6.07, 6.45) is 1.16. The fraction of sp³-hybridized carbons (Fsp3) is 0.538. The van der Waals surface area contributed by atoms with Gasteiger partial charge in [-0.3, -0.25) is 0 Å². The highest BCUT2D eigenvalue weighted by molar-refractivity contribution is 7.13. The van der Waals surface area contributed by atoms with Crippen molar-refractivity contribution < 1.29 is 9.26 Å². The molecule has 3 rings (SSSR count). The van der Waals surface area contributed by atoms with Gasteiger partial charge in [-0.25, -0.2) is 0 Å². The fourth-order valence-corrected chi connectivity index (χ4v) is 3.07. The molecule has 96 valence electrons. The van der Waals surface area contributed by atoms with Gasteiger partial charge in [0.05, 0.1) is 16.9 Å². The topological polar surface area (TPSA) is 48.2 Å². The lowest BCUT2D eigenvalue weighted by atomic mass is 9.93. The third-order valence-corrected chi connectivity index (χ3v) is 4.16. The highest BCUT2D eigenvalue weighted by Crippen LogP contribution is 2.35. The molecule has 1 saturated heterocycles. The largest absolute Gasteiger partial charge is 0.377 e. The van der Waals surface area contributed by atoms with Crippen LogP contribution in [0.25, 0.3) is 10.7 Å². The van der Waals surface area contributed by atoms with E-state index in [0.29, 0.717) is 11.7 Å². The van der Waals surface area contributed by atoms with Crippen LogP contribution in [0.2, 0.25) is 0 Å². The zero-order chi connectivity index (χ0) is 12.5. The van der Waals surface area contributed by atoms with E-state index >= 15 is 0 Å². The van der Waals surface area contributed by atoms with Gasteiger partial charge in [-0.05, 0) is 23.8 Å². The second kappa shape index (κ2) is 4.82. The molecule has 2 atom stereocenters. The lowest BCUT2D eigenvalue weighted by molar-refractivity contribution is 0.0627. The van der Waals surface area contributed by atoms with Gasteiger partial charge in [0.2, 0.25) is 11.7 Å². The molecule has 0 N–H and O–H groups in total. The number of hydrogen-bond acceptors (Lipinski definition) is 5. The van der Waals surface area contributed by atoms with Crippen molar-refractivity contribution in [2.45, 2.75) is 32.3 Å². The normalized spacial score (nSPS) is 23.9. The van der Waals surface area contributed by atoms with Gasteiger partial charge >= 0.3 is 0 Å². The first-order valence-corrected chi connectivity index (χ1v) is 7.13. The van der Waals surface area contributed by atoms with Gasteiger partial charge in [-0.1, -0.05) is 25.1 Å². The summed E-state index contributed by atoms with van der Waals surface area (Å²) >= 11 is 1.62. The summed E-state index contributed by atoms with van der Waals surface area (Å²) < 4.78 is 11.2. The monoisotopic (exact) mass is 264 g/mol. The van der Waals surface area contributed by atoms with Crippen molar-refractivity contribution in [2.75, 3.05) is 6.61 Å². The molecule has 2 unspecified atom stereocenters. The van der Waals surface area contributed by atoms with Crippen LogP contribution in [0.3, 0.4) is 0 Å². The Morgan fingerprint density at radius 1 is 1.44 bits per heavy atom. The molecule has 0 saturated carbocycles. The average molecular weight is 264 g/mol. The Morgan fingerprint density at radius 3 is 3.06 bits per heavy atom. The standard InChI is InChI=1S/C13H16N2O2S/c1-8(2)11-9(5-6-16-11)13-14-12(15-17-13)10-4-3-7-18-10/h3-4,7-9,11H,5-6H2,1-2H3. The Kier molecular flexibility index (Phi) is 3.18. The Morgan fingerprint density at radius 2 is 2.33 bits per heavy atom. The molecular weight excluding hydrogens is 248 g/mol. The molecule has 0 spiro atoms. The summed E-state index contributed by atoms with van der Waals surface area (Å²) in [6, 6.07) is 4.00. The smallest absolute Gasteiger partial charge is 0.232 e. The minimum atomic E-state index is 0.196. The first kappa shape index (κ1) is 11.9. The summed E-state index contributed by atoms with van der Waals surface area (Å²) in [7, 11) is 0. The molecule has 2 aromatic rings. The first-order valence-electron chi connectivity index (χ1n) is 6.25. The van der Waals surface area contributed by atoms with Crippen LogP contribution in [0.5, 0.6) is 0 Å². The maximum atomic E-state index is 5.76. The summed E-state index contributed by atoms with van der Waals surface area (Å²) in [5.41, 5.74) is 0. The minimum absolute atomic E-state index is 0.196. The number of hydrogen-bond donors (Lipinski definition) is 0. The lowest BCUT2D eigenvalue weighted by Gasteiger charge is -2.18. The Balaban J connectivity index is 1.85. The zero-order valence-electron chi connectivity index (χ0n) is 10.5. The van der Waals surface area contributed by atoms with Crippen LogP contribution < -0.4 is 0 Å². The van der Waals surface area contributed by atoms with Crippen molar-refractivity contribution in [3.05, 3.63) is 23.4 Å². The molecule has 0 aromatic carbocycles. The van der Waals surface area contributed by atoms with Gasteiger partial charge in [0.25, 0.3) is 0 Å². The Bertz CT molecular complexity index is 507. The van der Waals surface area contributed by atoms with Crippen LogP contribution >= 0.6 is 11.3 Å². The summed E-state index contributed by atoms with van der Waals surface area (Å²) in [4.78, 5) is 5.57. The second-order valence-corrected chi connectivity index (χ2v) is 5.86. The number of rotatable bonds is 3. The van der Waals surface area contributed by atoms with E-state index in [1.165, 1.54) is 0 Å². The van der Waals surface area contributed by atoms with Crippen molar-refractivity contribution in [2.24, 2.45) is 5.92 Å². The van der Waals surface area contributed by atoms with Gasteiger partial charge in [0.1, 0.15) is 0 Å². The summed E-state index contributed by atoms with van der Waals surface area (Å²) in [5, 5.41) is 6.08. The van der Waals surface area contributed by atoms with Gasteiger partial charge in [-0.2, -0.15) is 4.98 Å². The second-order valence-electron chi connectivity index (χ2n) is 4.91. The van der Waals surface area contributed by atoms with Crippen molar-refractivity contribution in [1.29, 1.82) is 0 Å². The maximum Gasteiger partial charge on any atom is 0.232 e. The van der Waals surface area contributed by atoms with Crippen molar-refractivity contribution >= 4 is 11.3 Å². The van der Waals surface area contributed by atoms with Crippen LogP contribution in [0, 0.1) is 5.92 Å². The van der Waals surface area contributed by atoms with Gasteiger partial charge in [0, 0.05) is 6.61 Å². The van der Waals surface area contributed by atoms with Crippen molar-refractivity contribution in [3.63, 3.8) is 0 Å². The SMILES string of the molecule is CC(C)C1OCCC1c1nc(-c2cccs2)no1.